The Balaban J connectivity index is 2.14. The van der Waals surface area contributed by atoms with Crippen LogP contribution in [0.3, 0.4) is 0 Å². The topological polar surface area (TPSA) is 92.5 Å². The molecule has 160 valence electrons. The van der Waals surface area contributed by atoms with Gasteiger partial charge in [-0.3, -0.25) is 0 Å². The van der Waals surface area contributed by atoms with Gasteiger partial charge in [0, 0.05) is 11.6 Å². The van der Waals surface area contributed by atoms with Crippen molar-refractivity contribution < 1.29 is 26.7 Å². The summed E-state index contributed by atoms with van der Waals surface area (Å²) in [4.78, 5) is 3.57. The number of halogens is 2. The molecule has 7 nitrogen and oxygen atoms in total. The predicted octanol–water partition coefficient (Wildman–Crippen LogP) is 3.64. The number of methoxy groups -OCH3 is 2. The molecule has 0 aliphatic heterocycles. The Morgan fingerprint density at radius 3 is 2.45 bits per heavy atom. The molecule has 1 heterocycles. The lowest BCUT2D eigenvalue weighted by molar-refractivity contribution is 0.391. The summed E-state index contributed by atoms with van der Waals surface area (Å²) < 4.78 is 65.4. The van der Waals surface area contributed by atoms with Crippen molar-refractivity contribution in [1.82, 2.24) is 4.98 Å². The van der Waals surface area contributed by atoms with Crippen LogP contribution in [0, 0.1) is 23.0 Å². The van der Waals surface area contributed by atoms with Gasteiger partial charge in [0.05, 0.1) is 37.4 Å². The molecule has 0 aliphatic rings. The molecule has 0 fully saturated rings. The summed E-state index contributed by atoms with van der Waals surface area (Å²) in [5, 5.41) is 9.07. The number of pyridine rings is 1. The molecule has 0 aliphatic carbocycles. The molecule has 0 unspecified atom stereocenters. The second kappa shape index (κ2) is 8.97. The zero-order valence-corrected chi connectivity index (χ0v) is 17.4. The molecule has 0 atom stereocenters. The van der Waals surface area contributed by atoms with Gasteiger partial charge in [0.2, 0.25) is 0 Å². The monoisotopic (exact) mass is 445 g/mol. The SMILES string of the molecule is COc1ccc(CN(c2ccc(F)cn2)S(=O)(=O)c2ccc(F)c(C#N)c2)c(OC)c1. The van der Waals surface area contributed by atoms with Gasteiger partial charge in [-0.1, -0.05) is 0 Å². The second-order valence-electron chi connectivity index (χ2n) is 6.28. The number of aromatic nitrogens is 1. The van der Waals surface area contributed by atoms with Gasteiger partial charge >= 0.3 is 0 Å². The van der Waals surface area contributed by atoms with Gasteiger partial charge in [-0.15, -0.1) is 0 Å². The van der Waals surface area contributed by atoms with Crippen LogP contribution in [0.1, 0.15) is 11.1 Å². The number of rotatable bonds is 7. The maximum atomic E-state index is 13.7. The van der Waals surface area contributed by atoms with Gasteiger partial charge in [-0.05, 0) is 42.5 Å². The summed E-state index contributed by atoms with van der Waals surface area (Å²) in [5.41, 5.74) is 0.0516. The van der Waals surface area contributed by atoms with E-state index in [0.717, 1.165) is 34.8 Å². The molecule has 31 heavy (non-hydrogen) atoms. The molecule has 0 bridgehead atoms. The normalized spacial score (nSPS) is 10.9. The Morgan fingerprint density at radius 1 is 1.06 bits per heavy atom. The van der Waals surface area contributed by atoms with E-state index in [0.29, 0.717) is 17.1 Å². The van der Waals surface area contributed by atoms with Crippen LogP contribution < -0.4 is 13.8 Å². The maximum absolute atomic E-state index is 13.7. The van der Waals surface area contributed by atoms with Crippen LogP contribution in [0.2, 0.25) is 0 Å². The first kappa shape index (κ1) is 22.0. The van der Waals surface area contributed by atoms with E-state index in [9.17, 15) is 17.2 Å². The van der Waals surface area contributed by atoms with Crippen LogP contribution in [0.5, 0.6) is 11.5 Å². The molecule has 0 spiro atoms. The minimum atomic E-state index is -4.31. The van der Waals surface area contributed by atoms with Crippen molar-refractivity contribution in [2.24, 2.45) is 0 Å². The van der Waals surface area contributed by atoms with Crippen molar-refractivity contribution >= 4 is 15.8 Å². The fourth-order valence-corrected chi connectivity index (χ4v) is 4.24. The van der Waals surface area contributed by atoms with Crippen LogP contribution in [0.15, 0.2) is 59.6 Å². The van der Waals surface area contributed by atoms with Crippen LogP contribution in [-0.4, -0.2) is 27.6 Å². The van der Waals surface area contributed by atoms with E-state index in [1.807, 2.05) is 0 Å². The molecule has 0 radical (unpaired) electrons. The summed E-state index contributed by atoms with van der Waals surface area (Å²) >= 11 is 0. The van der Waals surface area contributed by atoms with Gasteiger partial charge in [0.1, 0.15) is 35.0 Å². The van der Waals surface area contributed by atoms with E-state index in [1.165, 1.54) is 20.3 Å². The number of sulfonamides is 1. The van der Waals surface area contributed by atoms with Gasteiger partial charge in [-0.2, -0.15) is 5.26 Å². The van der Waals surface area contributed by atoms with Crippen LogP contribution in [0.25, 0.3) is 0 Å². The van der Waals surface area contributed by atoms with Crippen LogP contribution in [0.4, 0.5) is 14.6 Å². The van der Waals surface area contributed by atoms with Crippen LogP contribution in [-0.2, 0) is 16.6 Å². The van der Waals surface area contributed by atoms with E-state index < -0.39 is 27.2 Å². The quantitative estimate of drug-likeness (QED) is 0.551. The third-order valence-electron chi connectivity index (χ3n) is 4.42. The molecular weight excluding hydrogens is 428 g/mol. The summed E-state index contributed by atoms with van der Waals surface area (Å²) in [6, 6.07) is 11.6. The van der Waals surface area contributed by atoms with Gasteiger partial charge in [0.15, 0.2) is 0 Å². The number of benzene rings is 2. The second-order valence-corrected chi connectivity index (χ2v) is 8.14. The van der Waals surface area contributed by atoms with E-state index in [2.05, 4.69) is 4.98 Å². The lowest BCUT2D eigenvalue weighted by atomic mass is 10.2. The van der Waals surface area contributed by atoms with E-state index >= 15 is 0 Å². The Hall–Kier alpha value is -3.71. The minimum Gasteiger partial charge on any atom is -0.497 e. The van der Waals surface area contributed by atoms with Crippen LogP contribution >= 0.6 is 0 Å². The number of hydrogen-bond acceptors (Lipinski definition) is 6. The van der Waals surface area contributed by atoms with E-state index in [-0.39, 0.29) is 17.3 Å². The molecular formula is C21H17F2N3O4S. The summed E-state index contributed by atoms with van der Waals surface area (Å²) in [7, 11) is -1.41. The molecule has 3 aromatic rings. The fourth-order valence-electron chi connectivity index (χ4n) is 2.82. The Morgan fingerprint density at radius 2 is 1.84 bits per heavy atom. The average molecular weight is 445 g/mol. The van der Waals surface area contributed by atoms with E-state index in [4.69, 9.17) is 14.7 Å². The lowest BCUT2D eigenvalue weighted by Crippen LogP contribution is -2.31. The molecule has 2 aromatic carbocycles. The average Bonchev–Trinajstić information content (AvgIpc) is 2.78. The molecule has 0 saturated carbocycles. The number of ether oxygens (including phenoxy) is 2. The molecule has 1 aromatic heterocycles. The van der Waals surface area contributed by atoms with Crippen molar-refractivity contribution in [3.63, 3.8) is 0 Å². The number of nitrogens with zero attached hydrogens (tertiary/aromatic N) is 3. The van der Waals surface area contributed by atoms with Gasteiger partial charge in [0.25, 0.3) is 10.0 Å². The third kappa shape index (κ3) is 4.57. The molecule has 3 rings (SSSR count). The molecule has 0 N–H and O–H groups in total. The molecule has 0 saturated heterocycles. The first-order valence-corrected chi connectivity index (χ1v) is 10.3. The van der Waals surface area contributed by atoms with Crippen molar-refractivity contribution in [3.8, 4) is 17.6 Å². The standard InChI is InChI=1S/C21H17F2N3O4S/c1-29-17-5-3-14(20(10-17)30-2)13-26(21-8-4-16(22)12-25-21)31(27,28)18-6-7-19(23)15(9-18)11-24/h3-10,12H,13H2,1-2H3. The number of anilines is 1. The van der Waals surface area contributed by atoms with Gasteiger partial charge in [-0.25, -0.2) is 26.5 Å². The first-order valence-electron chi connectivity index (χ1n) is 8.85. The van der Waals surface area contributed by atoms with Gasteiger partial charge < -0.3 is 9.47 Å². The Bertz CT molecular complexity index is 1240. The predicted molar refractivity (Wildman–Crippen MR) is 108 cm³/mol. The zero-order valence-electron chi connectivity index (χ0n) is 16.5. The summed E-state index contributed by atoms with van der Waals surface area (Å²) in [6.45, 7) is -0.229. The molecule has 0 amide bonds. The maximum Gasteiger partial charge on any atom is 0.265 e. The van der Waals surface area contributed by atoms with Crippen molar-refractivity contribution in [1.29, 1.82) is 5.26 Å². The summed E-state index contributed by atoms with van der Waals surface area (Å²) in [5.74, 6) is -0.686. The Labute approximate surface area is 178 Å². The number of hydrogen-bond donors (Lipinski definition) is 0. The largest absolute Gasteiger partial charge is 0.497 e. The van der Waals surface area contributed by atoms with Crippen molar-refractivity contribution in [3.05, 3.63) is 77.5 Å². The third-order valence-corrected chi connectivity index (χ3v) is 6.17. The van der Waals surface area contributed by atoms with Crippen molar-refractivity contribution in [2.75, 3.05) is 18.5 Å². The smallest absolute Gasteiger partial charge is 0.265 e. The highest BCUT2D eigenvalue weighted by Crippen LogP contribution is 2.30. The van der Waals surface area contributed by atoms with Crippen molar-refractivity contribution in [2.45, 2.75) is 11.4 Å². The highest BCUT2D eigenvalue weighted by atomic mass is 32.2. The lowest BCUT2D eigenvalue weighted by Gasteiger charge is -2.24. The highest BCUT2D eigenvalue weighted by Gasteiger charge is 2.28. The highest BCUT2D eigenvalue weighted by molar-refractivity contribution is 7.92. The Kier molecular flexibility index (Phi) is 6.36. The molecule has 10 heteroatoms. The number of nitriles is 1. The fraction of sp³-hybridized carbons (Fsp3) is 0.143. The minimum absolute atomic E-state index is 0.0675. The van der Waals surface area contributed by atoms with E-state index in [1.54, 1.807) is 24.3 Å². The first-order chi connectivity index (χ1) is 14.8. The zero-order chi connectivity index (χ0) is 22.6. The summed E-state index contributed by atoms with van der Waals surface area (Å²) in [6.07, 6.45) is 0.883.